The quantitative estimate of drug-likeness (QED) is 0.819. The normalized spacial score (nSPS) is 14.8. The van der Waals surface area contributed by atoms with Crippen LogP contribution in [0.25, 0.3) is 0 Å². The van der Waals surface area contributed by atoms with Crippen LogP contribution in [0.2, 0.25) is 0 Å². The molecule has 0 saturated carbocycles. The molecule has 0 fully saturated rings. The number of nitrogens with zero attached hydrogens (tertiary/aromatic N) is 1. The number of primary amides is 1. The number of anilines is 1. The van der Waals surface area contributed by atoms with Crippen LogP contribution in [0.4, 0.5) is 5.69 Å². The summed E-state index contributed by atoms with van der Waals surface area (Å²) >= 11 is 0. The third-order valence-electron chi connectivity index (χ3n) is 2.82. The first-order chi connectivity index (χ1) is 7.88. The summed E-state index contributed by atoms with van der Waals surface area (Å²) in [5, 5.41) is 0. The molecule has 1 aliphatic rings. The molecule has 0 bridgehead atoms. The van der Waals surface area contributed by atoms with Gasteiger partial charge in [0.15, 0.2) is 9.84 Å². The number of benzene rings is 1. The fourth-order valence-electron chi connectivity index (χ4n) is 2.01. The number of carbonyl (C=O) groups is 1. The second-order valence-corrected chi connectivity index (χ2v) is 6.22. The smallest absolute Gasteiger partial charge is 0.236 e. The van der Waals surface area contributed by atoms with Crippen molar-refractivity contribution in [2.45, 2.75) is 11.3 Å². The standard InChI is InChI=1S/C11H14N2O3S/c1-17(15,16)9-3-2-8-4-5-13(7-11(12)14)10(8)6-9/h2-3,6H,4-5,7H2,1H3,(H2,12,14). The van der Waals surface area contributed by atoms with Crippen LogP contribution in [0.15, 0.2) is 23.1 Å². The molecule has 0 unspecified atom stereocenters. The highest BCUT2D eigenvalue weighted by Crippen LogP contribution is 2.30. The maximum absolute atomic E-state index is 11.5. The van der Waals surface area contributed by atoms with Crippen molar-refractivity contribution >= 4 is 21.4 Å². The lowest BCUT2D eigenvalue weighted by atomic mass is 10.2. The lowest BCUT2D eigenvalue weighted by Crippen LogP contribution is -2.32. The van der Waals surface area contributed by atoms with Crippen molar-refractivity contribution in [2.24, 2.45) is 5.73 Å². The van der Waals surface area contributed by atoms with Crippen molar-refractivity contribution in [3.05, 3.63) is 23.8 Å². The number of carbonyl (C=O) groups excluding carboxylic acids is 1. The van der Waals surface area contributed by atoms with Gasteiger partial charge >= 0.3 is 0 Å². The minimum Gasteiger partial charge on any atom is -0.368 e. The predicted molar refractivity (Wildman–Crippen MR) is 64.7 cm³/mol. The SMILES string of the molecule is CS(=O)(=O)c1ccc2c(c1)N(CC(N)=O)CC2. The number of fused-ring (bicyclic) bond motifs is 1. The van der Waals surface area contributed by atoms with Crippen LogP contribution in [0.3, 0.4) is 0 Å². The Bertz CT molecular complexity index is 566. The van der Waals surface area contributed by atoms with E-state index in [4.69, 9.17) is 5.73 Å². The van der Waals surface area contributed by atoms with Gasteiger partial charge in [-0.15, -0.1) is 0 Å². The number of nitrogens with two attached hydrogens (primary N) is 1. The monoisotopic (exact) mass is 254 g/mol. The molecule has 0 atom stereocenters. The van der Waals surface area contributed by atoms with Crippen LogP contribution in [-0.4, -0.2) is 33.7 Å². The largest absolute Gasteiger partial charge is 0.368 e. The third kappa shape index (κ3) is 2.41. The van der Waals surface area contributed by atoms with Gasteiger partial charge in [0.25, 0.3) is 0 Å². The molecule has 1 heterocycles. The van der Waals surface area contributed by atoms with Crippen molar-refractivity contribution in [1.29, 1.82) is 0 Å². The molecular formula is C11H14N2O3S. The molecular weight excluding hydrogens is 240 g/mol. The zero-order chi connectivity index (χ0) is 12.6. The van der Waals surface area contributed by atoms with Gasteiger partial charge in [0.05, 0.1) is 11.4 Å². The summed E-state index contributed by atoms with van der Waals surface area (Å²) in [7, 11) is -3.22. The molecule has 6 heteroatoms. The number of hydrogen-bond donors (Lipinski definition) is 1. The van der Waals surface area contributed by atoms with Crippen LogP contribution < -0.4 is 10.6 Å². The average Bonchev–Trinajstić information content (AvgIpc) is 2.59. The van der Waals surface area contributed by atoms with Crippen LogP contribution in [0.1, 0.15) is 5.56 Å². The molecule has 17 heavy (non-hydrogen) atoms. The van der Waals surface area contributed by atoms with Gasteiger partial charge in [0.2, 0.25) is 5.91 Å². The summed E-state index contributed by atoms with van der Waals surface area (Å²) in [4.78, 5) is 13.0. The van der Waals surface area contributed by atoms with E-state index in [0.717, 1.165) is 17.7 Å². The highest BCUT2D eigenvalue weighted by Gasteiger charge is 2.22. The van der Waals surface area contributed by atoms with Gasteiger partial charge in [-0.25, -0.2) is 8.42 Å². The van der Waals surface area contributed by atoms with Crippen molar-refractivity contribution in [3.63, 3.8) is 0 Å². The van der Waals surface area contributed by atoms with Gasteiger partial charge in [-0.3, -0.25) is 4.79 Å². The Kier molecular flexibility index (Phi) is 2.82. The summed E-state index contributed by atoms with van der Waals surface area (Å²) in [5.74, 6) is -0.414. The van der Waals surface area contributed by atoms with Gasteiger partial charge in [0.1, 0.15) is 0 Å². The van der Waals surface area contributed by atoms with Gasteiger partial charge < -0.3 is 10.6 Å². The Morgan fingerprint density at radius 3 is 2.76 bits per heavy atom. The predicted octanol–water partition coefficient (Wildman–Crippen LogP) is -0.0621. The Labute approximate surface area is 100 Å². The zero-order valence-electron chi connectivity index (χ0n) is 9.51. The first kappa shape index (κ1) is 11.9. The van der Waals surface area contributed by atoms with E-state index in [-0.39, 0.29) is 11.4 Å². The molecule has 1 aromatic rings. The molecule has 0 spiro atoms. The summed E-state index contributed by atoms with van der Waals surface area (Å²) in [6.45, 7) is 0.825. The van der Waals surface area contributed by atoms with Gasteiger partial charge in [-0.2, -0.15) is 0 Å². The van der Waals surface area contributed by atoms with Crippen molar-refractivity contribution in [2.75, 3.05) is 24.2 Å². The number of hydrogen-bond acceptors (Lipinski definition) is 4. The molecule has 92 valence electrons. The maximum Gasteiger partial charge on any atom is 0.236 e. The average molecular weight is 254 g/mol. The first-order valence-corrected chi connectivity index (χ1v) is 7.13. The van der Waals surface area contributed by atoms with Crippen LogP contribution in [-0.2, 0) is 21.1 Å². The van der Waals surface area contributed by atoms with Gasteiger partial charge in [-0.1, -0.05) is 6.07 Å². The van der Waals surface area contributed by atoms with Crippen molar-refractivity contribution in [1.82, 2.24) is 0 Å². The minimum atomic E-state index is -3.22. The molecule has 0 saturated heterocycles. The summed E-state index contributed by atoms with van der Waals surface area (Å²) in [6.07, 6.45) is 1.98. The Morgan fingerprint density at radius 1 is 1.47 bits per heavy atom. The fraction of sp³-hybridized carbons (Fsp3) is 0.364. The van der Waals surface area contributed by atoms with E-state index in [9.17, 15) is 13.2 Å². The molecule has 0 radical (unpaired) electrons. The Morgan fingerprint density at radius 2 is 2.18 bits per heavy atom. The van der Waals surface area contributed by atoms with Gasteiger partial charge in [0, 0.05) is 18.5 Å². The van der Waals surface area contributed by atoms with Gasteiger partial charge in [-0.05, 0) is 24.1 Å². The molecule has 5 nitrogen and oxygen atoms in total. The highest BCUT2D eigenvalue weighted by molar-refractivity contribution is 7.90. The van der Waals surface area contributed by atoms with Crippen molar-refractivity contribution in [3.8, 4) is 0 Å². The van der Waals surface area contributed by atoms with Crippen molar-refractivity contribution < 1.29 is 13.2 Å². The summed E-state index contributed by atoms with van der Waals surface area (Å²) in [6, 6.07) is 5.01. The fourth-order valence-corrected chi connectivity index (χ4v) is 2.65. The van der Waals surface area contributed by atoms with Crippen LogP contribution in [0.5, 0.6) is 0 Å². The number of amides is 1. The Balaban J connectivity index is 2.40. The third-order valence-corrected chi connectivity index (χ3v) is 3.93. The molecule has 2 N–H and O–H groups in total. The topological polar surface area (TPSA) is 80.5 Å². The van der Waals surface area contributed by atoms with Crippen LogP contribution >= 0.6 is 0 Å². The second-order valence-electron chi connectivity index (χ2n) is 4.20. The highest BCUT2D eigenvalue weighted by atomic mass is 32.2. The van der Waals surface area contributed by atoms with E-state index in [1.54, 1.807) is 18.2 Å². The summed E-state index contributed by atoms with van der Waals surface area (Å²) < 4.78 is 22.9. The zero-order valence-corrected chi connectivity index (χ0v) is 10.3. The maximum atomic E-state index is 11.5. The molecule has 1 aromatic carbocycles. The number of rotatable bonds is 3. The lowest BCUT2D eigenvalue weighted by molar-refractivity contribution is -0.116. The second kappa shape index (κ2) is 4.03. The Hall–Kier alpha value is -1.56. The molecule has 0 aliphatic carbocycles. The molecule has 1 amide bonds. The minimum absolute atomic E-state index is 0.125. The van der Waals surface area contributed by atoms with Crippen LogP contribution in [0, 0.1) is 0 Å². The molecule has 2 rings (SSSR count). The molecule has 1 aliphatic heterocycles. The van der Waals surface area contributed by atoms with E-state index in [0.29, 0.717) is 6.54 Å². The van der Waals surface area contributed by atoms with E-state index in [1.807, 2.05) is 4.90 Å². The number of sulfone groups is 1. The lowest BCUT2D eigenvalue weighted by Gasteiger charge is -2.17. The van der Waals surface area contributed by atoms with E-state index in [1.165, 1.54) is 6.26 Å². The molecule has 0 aromatic heterocycles. The first-order valence-electron chi connectivity index (χ1n) is 5.24. The summed E-state index contributed by atoms with van der Waals surface area (Å²) in [5.41, 5.74) is 7.01. The van der Waals surface area contributed by atoms with E-state index >= 15 is 0 Å². The van der Waals surface area contributed by atoms with E-state index < -0.39 is 15.7 Å². The van der Waals surface area contributed by atoms with E-state index in [2.05, 4.69) is 0 Å².